The average molecular weight is 868 g/mol. The minimum absolute atomic E-state index is 0. The first-order chi connectivity index (χ1) is 29.0. The quantitative estimate of drug-likeness (QED) is 0.0296. The predicted octanol–water partition coefficient (Wildman–Crippen LogP) is 19.4. The van der Waals surface area contributed by atoms with Crippen molar-refractivity contribution in [3.05, 3.63) is 100 Å². The molecule has 0 aliphatic carbocycles. The Morgan fingerprint density at radius 1 is 0.367 bits per heavy atom. The van der Waals surface area contributed by atoms with E-state index in [4.69, 9.17) is 0 Å². The van der Waals surface area contributed by atoms with Crippen LogP contribution in [0.4, 0.5) is 0 Å². The maximum atomic E-state index is 12.5. The molecule has 0 atom stereocenters. The van der Waals surface area contributed by atoms with Crippen LogP contribution in [-0.4, -0.2) is 4.70 Å². The van der Waals surface area contributed by atoms with Crippen molar-refractivity contribution in [1.82, 2.24) is 0 Å². The molecule has 0 spiro atoms. The Kier molecular flexibility index (Phi) is 37.4. The minimum atomic E-state index is 0. The van der Waals surface area contributed by atoms with Crippen LogP contribution in [0.25, 0.3) is 16.9 Å². The monoisotopic (exact) mass is 867 g/mol. The van der Waals surface area contributed by atoms with E-state index < -0.39 is 0 Å². The molecule has 2 nitrogen and oxygen atoms in total. The largest absolute Gasteiger partial charge is 2.00 e. The second-order valence-corrected chi connectivity index (χ2v) is 17.4. The number of nitrogens with zero attached hydrogens (tertiary/aromatic N) is 2. The zero-order valence-corrected chi connectivity index (χ0v) is 42.0. The fourth-order valence-electron chi connectivity index (χ4n) is 8.85. The number of allylic oxidation sites excluding steroid dienone is 2. The van der Waals surface area contributed by atoms with Gasteiger partial charge < -0.3 is 19.4 Å². The van der Waals surface area contributed by atoms with Gasteiger partial charge >= 0.3 is 16.5 Å². The molecule has 60 heavy (non-hydrogen) atoms. The Morgan fingerprint density at radius 2 is 0.617 bits per heavy atom. The first-order valence-corrected chi connectivity index (χ1v) is 25.6. The summed E-state index contributed by atoms with van der Waals surface area (Å²) in [6.45, 7) is 23.8. The molecule has 0 bridgehead atoms. The third kappa shape index (κ3) is 22.9. The molecule has 2 aromatic carbocycles. The Bertz CT molecular complexity index is 1430. The van der Waals surface area contributed by atoms with Gasteiger partial charge in [-0.25, -0.2) is 4.70 Å². The summed E-state index contributed by atoms with van der Waals surface area (Å²) in [7, 11) is 0. The molecule has 0 saturated heterocycles. The van der Waals surface area contributed by atoms with Crippen LogP contribution in [0.3, 0.4) is 0 Å². The Labute approximate surface area is 385 Å². The van der Waals surface area contributed by atoms with E-state index in [0.29, 0.717) is 0 Å². The van der Waals surface area contributed by atoms with Crippen molar-refractivity contribution < 1.29 is 21.2 Å². The van der Waals surface area contributed by atoms with Gasteiger partial charge in [0, 0.05) is 22.3 Å². The van der Waals surface area contributed by atoms with Gasteiger partial charge in [-0.15, -0.1) is 0 Å². The van der Waals surface area contributed by atoms with Crippen LogP contribution in [0.2, 0.25) is 0 Å². The summed E-state index contributed by atoms with van der Waals surface area (Å²) in [5.41, 5.74) is 25.5. The van der Waals surface area contributed by atoms with Crippen molar-refractivity contribution in [2.24, 2.45) is 0 Å². The number of hydrogen-bond acceptors (Lipinski definition) is 0. The smallest absolute Gasteiger partial charge is 0.493 e. The molecule has 0 radical (unpaired) electrons. The number of aryl methyl sites for hydroxylation is 4. The van der Waals surface area contributed by atoms with Crippen molar-refractivity contribution in [3.63, 3.8) is 0 Å². The van der Waals surface area contributed by atoms with Gasteiger partial charge in [0.2, 0.25) is 11.4 Å². The fraction of sp³-hybridized carbons (Fsp3) is 0.684. The van der Waals surface area contributed by atoms with Crippen LogP contribution in [0.15, 0.2) is 47.5 Å². The zero-order valence-electron chi connectivity index (χ0n) is 41.0. The molecule has 1 heterocycles. The number of unbranched alkanes of at least 4 members (excludes halogenated alkanes) is 21. The molecule has 344 valence electrons. The summed E-state index contributed by atoms with van der Waals surface area (Å²) >= 11 is 0. The fourth-order valence-corrected chi connectivity index (χ4v) is 8.85. The minimum Gasteiger partial charge on any atom is -0.493 e. The molecule has 0 fully saturated rings. The van der Waals surface area contributed by atoms with Crippen LogP contribution in [0.1, 0.15) is 262 Å². The summed E-state index contributed by atoms with van der Waals surface area (Å²) < 4.78 is 1.65. The van der Waals surface area contributed by atoms with Crippen LogP contribution in [0, 0.1) is 13.8 Å². The molecule has 0 aromatic heterocycles. The second-order valence-electron chi connectivity index (χ2n) is 17.4. The molecule has 0 amide bonds. The SMILES string of the molecule is CCCCCCCCC1=C(c2cc(CCCCCC)cc(CCCCCCCC)c2)[N+](=[N-])C(c2cc(CCCCCC)cc(CCCCCCCC)c2)=C1C.[CH2-]C.[CH2-]C.[Ni+2]. The Hall–Kier alpha value is -1.99. The van der Waals surface area contributed by atoms with Gasteiger partial charge in [0.1, 0.15) is 0 Å². The van der Waals surface area contributed by atoms with E-state index in [1.165, 1.54) is 211 Å². The molecule has 1 aliphatic heterocycles. The maximum absolute atomic E-state index is 12.5. The van der Waals surface area contributed by atoms with Gasteiger partial charge in [0.05, 0.1) is 0 Å². The van der Waals surface area contributed by atoms with Crippen molar-refractivity contribution >= 4 is 11.4 Å². The first kappa shape index (κ1) is 58.0. The summed E-state index contributed by atoms with van der Waals surface area (Å²) in [5, 5.41) is 0. The van der Waals surface area contributed by atoms with E-state index in [0.717, 1.165) is 43.5 Å². The van der Waals surface area contributed by atoms with Gasteiger partial charge in [0.25, 0.3) is 0 Å². The first-order valence-electron chi connectivity index (χ1n) is 25.6. The van der Waals surface area contributed by atoms with Crippen molar-refractivity contribution in [2.75, 3.05) is 0 Å². The molecule has 0 unspecified atom stereocenters. The van der Waals surface area contributed by atoms with Crippen molar-refractivity contribution in [1.29, 1.82) is 0 Å². The molecule has 2 aromatic rings. The van der Waals surface area contributed by atoms with Gasteiger partial charge in [-0.05, 0) is 118 Å². The molecule has 3 heteroatoms. The number of benzene rings is 2. The van der Waals surface area contributed by atoms with Crippen molar-refractivity contribution in [2.45, 2.75) is 254 Å². The second kappa shape index (κ2) is 38.7. The average Bonchev–Trinajstić information content (AvgIpc) is 3.51. The van der Waals surface area contributed by atoms with Crippen LogP contribution in [-0.2, 0) is 42.2 Å². The van der Waals surface area contributed by atoms with E-state index >= 15 is 0 Å². The van der Waals surface area contributed by atoms with Crippen LogP contribution >= 0.6 is 0 Å². The third-order valence-electron chi connectivity index (χ3n) is 12.2. The van der Waals surface area contributed by atoms with E-state index in [1.54, 1.807) is 18.5 Å². The van der Waals surface area contributed by atoms with E-state index in [1.807, 2.05) is 0 Å². The summed E-state index contributed by atoms with van der Waals surface area (Å²) in [6, 6.07) is 14.8. The van der Waals surface area contributed by atoms with E-state index in [9.17, 15) is 5.53 Å². The third-order valence-corrected chi connectivity index (χ3v) is 12.2. The van der Waals surface area contributed by atoms with Gasteiger partial charge in [-0.1, -0.05) is 182 Å². The van der Waals surface area contributed by atoms with Gasteiger partial charge in [-0.3, -0.25) is 0 Å². The molecule has 1 aliphatic rings. The van der Waals surface area contributed by atoms with Gasteiger partial charge in [-0.2, -0.15) is 13.8 Å². The summed E-state index contributed by atoms with van der Waals surface area (Å²) in [6.07, 6.45) is 39.4. The Balaban J connectivity index is 0.00000675. The van der Waals surface area contributed by atoms with Crippen LogP contribution in [0.5, 0.6) is 0 Å². The van der Waals surface area contributed by atoms with Crippen LogP contribution < -0.4 is 0 Å². The maximum Gasteiger partial charge on any atom is 2.00 e. The van der Waals surface area contributed by atoms with E-state index in [-0.39, 0.29) is 16.5 Å². The topological polar surface area (TPSA) is 25.3 Å². The normalized spacial score (nSPS) is 12.3. The number of hydrogen-bond donors (Lipinski definition) is 0. The molecular weight excluding hydrogens is 771 g/mol. The standard InChI is InChI=1S/C53H86N2.2C2H5.Ni/c1-7-12-17-22-25-30-35-46-38-45(33-28-20-15-10-4)40-49(41-46)52-44(6)51(37-32-27-24-19-14-9-3)53(55(52)54)50-42-47(34-29-21-16-11-5)39-48(43-50)36-31-26-23-18-13-8-2;2*1-2;/h38-43H,7-37H2,1-6H3;2*1H2,2H3;/q;2*-1;+2. The molecule has 0 N–H and O–H groups in total. The Morgan fingerprint density at radius 3 is 0.933 bits per heavy atom. The summed E-state index contributed by atoms with van der Waals surface area (Å²) in [4.78, 5) is 0. The molecular formula is C57H96N2Ni. The summed E-state index contributed by atoms with van der Waals surface area (Å²) in [5.74, 6) is 0. The predicted molar refractivity (Wildman–Crippen MR) is 266 cm³/mol. The molecule has 0 saturated carbocycles. The van der Waals surface area contributed by atoms with E-state index in [2.05, 4.69) is 91.8 Å². The zero-order chi connectivity index (χ0) is 43.5. The van der Waals surface area contributed by atoms with Gasteiger partial charge in [0.15, 0.2) is 0 Å². The van der Waals surface area contributed by atoms with Crippen molar-refractivity contribution in [3.8, 4) is 0 Å². The number of rotatable bonds is 33. The molecule has 3 rings (SSSR count).